The first-order valence-corrected chi connectivity index (χ1v) is 21.1. The van der Waals surface area contributed by atoms with Crippen LogP contribution in [0.1, 0.15) is 83.9 Å². The molecule has 3 fully saturated rings. The van der Waals surface area contributed by atoms with Gasteiger partial charge in [0.1, 0.15) is 35.4 Å². The van der Waals surface area contributed by atoms with Crippen LogP contribution in [0.25, 0.3) is 6.08 Å². The lowest BCUT2D eigenvalue weighted by Gasteiger charge is -2.36. The van der Waals surface area contributed by atoms with Crippen LogP contribution >= 0.6 is 0 Å². The summed E-state index contributed by atoms with van der Waals surface area (Å²) in [4.78, 5) is 86.0. The van der Waals surface area contributed by atoms with Gasteiger partial charge < -0.3 is 35.1 Å². The minimum atomic E-state index is -3.96. The predicted molar refractivity (Wildman–Crippen MR) is 210 cm³/mol. The molecular weight excluding hydrogens is 773 g/mol. The van der Waals surface area contributed by atoms with Crippen LogP contribution in [0.4, 0.5) is 9.59 Å². The highest BCUT2D eigenvalue weighted by atomic mass is 32.2. The molecule has 1 saturated heterocycles. The Hall–Kier alpha value is -4.97. The molecule has 5 aliphatic rings. The van der Waals surface area contributed by atoms with E-state index in [4.69, 9.17) is 14.2 Å². The van der Waals surface area contributed by atoms with Crippen LogP contribution in [0, 0.1) is 11.3 Å². The van der Waals surface area contributed by atoms with E-state index in [1.165, 1.54) is 15.9 Å². The summed E-state index contributed by atoms with van der Waals surface area (Å²) in [5.74, 6) is -3.73. The lowest BCUT2D eigenvalue weighted by Crippen LogP contribution is -2.62. The molecular formula is C40H54N6O11S. The van der Waals surface area contributed by atoms with Gasteiger partial charge in [-0.15, -0.1) is 6.58 Å². The Morgan fingerprint density at radius 2 is 1.79 bits per heavy atom. The van der Waals surface area contributed by atoms with Gasteiger partial charge in [0.2, 0.25) is 27.7 Å². The van der Waals surface area contributed by atoms with Crippen molar-refractivity contribution in [2.75, 3.05) is 19.8 Å². The number of amides is 6. The van der Waals surface area contributed by atoms with Gasteiger partial charge in [0.25, 0.3) is 5.91 Å². The number of carbonyl (C=O) groups is 6. The Labute approximate surface area is 338 Å². The van der Waals surface area contributed by atoms with Gasteiger partial charge in [0.05, 0.1) is 31.6 Å². The second-order valence-electron chi connectivity index (χ2n) is 17.7. The van der Waals surface area contributed by atoms with Crippen LogP contribution in [0.2, 0.25) is 0 Å². The van der Waals surface area contributed by atoms with E-state index in [0.717, 1.165) is 16.7 Å². The maximum Gasteiger partial charge on any atom is 0.410 e. The Morgan fingerprint density at radius 3 is 2.43 bits per heavy atom. The van der Waals surface area contributed by atoms with E-state index < -0.39 is 97.8 Å². The summed E-state index contributed by atoms with van der Waals surface area (Å²) in [5.41, 5.74) is -0.827. The molecule has 0 spiro atoms. The summed E-state index contributed by atoms with van der Waals surface area (Å²) in [6.45, 7) is 14.0. The molecule has 17 nitrogen and oxygen atoms in total. The van der Waals surface area contributed by atoms with E-state index in [1.54, 1.807) is 47.6 Å². The SMILES string of the molecule is C=C[C@@H]1C[C@]1(NC(=O)[C@@H]1C[C@@H]2CN1C(=O)[C@H](C(C)(C)C)NC(=O)[C@@H](NC(=O)OC(C)(C)C)COC/C=C\c1cccc3c1CN(C3)C(=O)O2)C(=O)NS(=O)(=O)C1CC1. The van der Waals surface area contributed by atoms with Crippen LogP contribution in [0.15, 0.2) is 36.9 Å². The van der Waals surface area contributed by atoms with Gasteiger partial charge in [-0.25, -0.2) is 18.0 Å². The largest absolute Gasteiger partial charge is 0.444 e. The van der Waals surface area contributed by atoms with Crippen LogP contribution in [0.3, 0.4) is 0 Å². The minimum absolute atomic E-state index is 0.0574. The molecule has 3 heterocycles. The van der Waals surface area contributed by atoms with Crippen molar-refractivity contribution < 1.29 is 51.4 Å². The van der Waals surface area contributed by atoms with E-state index in [-0.39, 0.29) is 45.7 Å². The van der Waals surface area contributed by atoms with E-state index in [1.807, 2.05) is 24.3 Å². The van der Waals surface area contributed by atoms with Gasteiger partial charge in [-0.2, -0.15) is 0 Å². The average Bonchev–Trinajstić information content (AvgIpc) is 4.01. The molecule has 6 amide bonds. The molecule has 58 heavy (non-hydrogen) atoms. The van der Waals surface area contributed by atoms with Crippen molar-refractivity contribution in [2.45, 2.75) is 121 Å². The highest BCUT2D eigenvalue weighted by Crippen LogP contribution is 2.45. The zero-order valence-electron chi connectivity index (χ0n) is 33.8. The van der Waals surface area contributed by atoms with Gasteiger partial charge in [0.15, 0.2) is 0 Å². The number of sulfonamides is 1. The quantitative estimate of drug-likeness (QED) is 0.292. The van der Waals surface area contributed by atoms with Gasteiger partial charge >= 0.3 is 12.2 Å². The summed E-state index contributed by atoms with van der Waals surface area (Å²) in [6, 6.07) is 1.77. The second kappa shape index (κ2) is 16.0. The third-order valence-corrected chi connectivity index (χ3v) is 12.7. The molecule has 4 bridgehead atoms. The molecule has 0 unspecified atom stereocenters. The van der Waals surface area contributed by atoms with Crippen molar-refractivity contribution >= 4 is 51.9 Å². The first-order valence-electron chi connectivity index (χ1n) is 19.5. The molecule has 1 aromatic rings. The van der Waals surface area contributed by atoms with Crippen LogP contribution in [-0.4, -0.2) is 114 Å². The highest BCUT2D eigenvalue weighted by molar-refractivity contribution is 7.91. The van der Waals surface area contributed by atoms with Gasteiger partial charge in [-0.1, -0.05) is 57.2 Å². The summed E-state index contributed by atoms with van der Waals surface area (Å²) >= 11 is 0. The average molecular weight is 827 g/mol. The molecule has 0 aromatic heterocycles. The molecule has 4 N–H and O–H groups in total. The Kier molecular flexibility index (Phi) is 11.8. The molecule has 6 atom stereocenters. The number of carbonyl (C=O) groups excluding carboxylic acids is 6. The summed E-state index contributed by atoms with van der Waals surface area (Å²) in [5, 5.41) is 7.36. The van der Waals surface area contributed by atoms with Crippen LogP contribution < -0.4 is 20.7 Å². The summed E-state index contributed by atoms with van der Waals surface area (Å²) in [7, 11) is -3.96. The first-order chi connectivity index (χ1) is 27.1. The van der Waals surface area contributed by atoms with Crippen LogP contribution in [0.5, 0.6) is 0 Å². The van der Waals surface area contributed by atoms with Crippen molar-refractivity contribution in [3.63, 3.8) is 0 Å². The number of hydrogen-bond acceptors (Lipinski definition) is 11. The standard InChI is InChI=1S/C40H54N6O11S/c1-8-25-18-40(25,35(50)44-58(53,54)27-14-15-27)43-33(48)30-17-26-20-46(30)34(49)31(38(2,3)4)42-32(47)29(41-36(51)57-39(5,6)7)22-55-16-10-13-23-11-9-12-24-19-45(21-28(23)24)37(52)56-26/h8-13,25-27,29-31H,1,14-22H2,2-7H3,(H,41,51)(H,42,47)(H,43,48)(H,44,50)/b13-10-/t25-,26-,29+,30+,31-,40-/m1/s1. The van der Waals surface area contributed by atoms with Gasteiger partial charge in [0, 0.05) is 18.9 Å². The Morgan fingerprint density at radius 1 is 1.07 bits per heavy atom. The third kappa shape index (κ3) is 9.49. The zero-order valence-corrected chi connectivity index (χ0v) is 34.6. The molecule has 3 aliphatic heterocycles. The van der Waals surface area contributed by atoms with Gasteiger partial charge in [-0.3, -0.25) is 28.8 Å². The number of hydrogen-bond donors (Lipinski definition) is 4. The van der Waals surface area contributed by atoms with Gasteiger partial charge in [-0.05, 0) is 62.1 Å². The predicted octanol–water partition coefficient (Wildman–Crippen LogP) is 2.25. The smallest absolute Gasteiger partial charge is 0.410 e. The van der Waals surface area contributed by atoms with E-state index in [0.29, 0.717) is 12.8 Å². The highest BCUT2D eigenvalue weighted by Gasteiger charge is 2.62. The summed E-state index contributed by atoms with van der Waals surface area (Å²) < 4.78 is 44.8. The first kappa shape index (κ1) is 42.6. The number of rotatable bonds is 7. The Bertz CT molecular complexity index is 2000. The molecule has 1 aromatic carbocycles. The lowest BCUT2D eigenvalue weighted by atomic mass is 9.85. The van der Waals surface area contributed by atoms with Crippen molar-refractivity contribution in [2.24, 2.45) is 11.3 Å². The zero-order chi connectivity index (χ0) is 42.4. The molecule has 2 aliphatic carbocycles. The topological polar surface area (TPSA) is 219 Å². The number of benzene rings is 1. The Balaban J connectivity index is 1.32. The fraction of sp³-hybridized carbons (Fsp3) is 0.600. The van der Waals surface area contributed by atoms with E-state index in [2.05, 4.69) is 27.3 Å². The number of nitrogens with zero attached hydrogens (tertiary/aromatic N) is 2. The van der Waals surface area contributed by atoms with Crippen LogP contribution in [-0.2, 0) is 56.5 Å². The maximum absolute atomic E-state index is 14.7. The molecule has 18 heteroatoms. The number of alkyl carbamates (subject to hydrolysis) is 1. The minimum Gasteiger partial charge on any atom is -0.444 e. The summed E-state index contributed by atoms with van der Waals surface area (Å²) in [6.07, 6.45) is 3.31. The molecule has 316 valence electrons. The molecule has 6 rings (SSSR count). The monoisotopic (exact) mass is 826 g/mol. The fourth-order valence-corrected chi connectivity index (χ4v) is 8.83. The number of ether oxygens (including phenoxy) is 3. The second-order valence-corrected chi connectivity index (χ2v) is 19.7. The molecule has 2 saturated carbocycles. The third-order valence-electron chi connectivity index (χ3n) is 10.8. The number of fused-ring (bicyclic) bond motifs is 3. The maximum atomic E-state index is 14.7. The molecule has 0 radical (unpaired) electrons. The van der Waals surface area contributed by atoms with Crippen molar-refractivity contribution in [1.82, 2.24) is 30.5 Å². The van der Waals surface area contributed by atoms with Crippen molar-refractivity contribution in [3.05, 3.63) is 53.6 Å². The number of nitrogens with one attached hydrogen (secondary N) is 4. The normalized spacial score (nSPS) is 28.5. The van der Waals surface area contributed by atoms with E-state index in [9.17, 15) is 37.2 Å². The lowest BCUT2D eigenvalue weighted by molar-refractivity contribution is -0.145. The fourth-order valence-electron chi connectivity index (χ4n) is 7.46. The van der Waals surface area contributed by atoms with Crippen molar-refractivity contribution in [1.29, 1.82) is 0 Å². The van der Waals surface area contributed by atoms with E-state index >= 15 is 0 Å². The van der Waals surface area contributed by atoms with Crippen molar-refractivity contribution in [3.8, 4) is 0 Å².